The lowest BCUT2D eigenvalue weighted by Crippen LogP contribution is -2.51. The van der Waals surface area contributed by atoms with Crippen LogP contribution in [-0.2, 0) is 0 Å². The fourth-order valence-electron chi connectivity index (χ4n) is 2.55. The molecule has 1 saturated heterocycles. The Balaban J connectivity index is 2.23. The predicted molar refractivity (Wildman–Crippen MR) is 81.5 cm³/mol. The molecule has 1 fully saturated rings. The second kappa shape index (κ2) is 6.25. The number of nitrogens with zero attached hydrogens (tertiary/aromatic N) is 1. The Morgan fingerprint density at radius 2 is 2.26 bits per heavy atom. The number of amides is 1. The zero-order valence-electron chi connectivity index (χ0n) is 10.9. The highest BCUT2D eigenvalue weighted by atomic mass is 79.9. The van der Waals surface area contributed by atoms with Gasteiger partial charge in [0, 0.05) is 28.7 Å². The van der Waals surface area contributed by atoms with E-state index in [4.69, 9.17) is 17.3 Å². The van der Waals surface area contributed by atoms with Crippen LogP contribution in [0.4, 0.5) is 0 Å². The van der Waals surface area contributed by atoms with E-state index in [1.54, 1.807) is 18.2 Å². The second-order valence-corrected chi connectivity index (χ2v) is 6.31. The molecule has 1 aliphatic heterocycles. The van der Waals surface area contributed by atoms with Crippen molar-refractivity contribution in [3.8, 4) is 0 Å². The summed E-state index contributed by atoms with van der Waals surface area (Å²) in [6, 6.07) is 5.44. The molecule has 0 aromatic heterocycles. The molecule has 0 bridgehead atoms. The van der Waals surface area contributed by atoms with E-state index in [0.29, 0.717) is 10.6 Å². The number of rotatable bonds is 2. The van der Waals surface area contributed by atoms with Crippen LogP contribution in [0.5, 0.6) is 0 Å². The smallest absolute Gasteiger partial charge is 0.254 e. The van der Waals surface area contributed by atoms with Crippen molar-refractivity contribution in [2.24, 2.45) is 5.73 Å². The Kier molecular flexibility index (Phi) is 4.87. The van der Waals surface area contributed by atoms with E-state index in [1.807, 2.05) is 11.8 Å². The minimum Gasteiger partial charge on any atom is -0.334 e. The van der Waals surface area contributed by atoms with E-state index in [9.17, 15) is 4.79 Å². The molecule has 0 spiro atoms. The van der Waals surface area contributed by atoms with Gasteiger partial charge in [0.15, 0.2) is 0 Å². The van der Waals surface area contributed by atoms with Crippen molar-refractivity contribution < 1.29 is 4.79 Å². The normalized spacial score (nSPS) is 21.3. The molecule has 104 valence electrons. The SMILES string of the molecule is CC(N)C1CCCCN1C(=O)c1ccc(Br)c(Cl)c1. The lowest BCUT2D eigenvalue weighted by molar-refractivity contribution is 0.0584. The molecular weight excluding hydrogens is 328 g/mol. The Hall–Kier alpha value is -0.580. The third-order valence-electron chi connectivity index (χ3n) is 3.58. The minimum atomic E-state index is -0.00447. The fourth-order valence-corrected chi connectivity index (χ4v) is 2.98. The van der Waals surface area contributed by atoms with Gasteiger partial charge in [-0.1, -0.05) is 11.6 Å². The number of hydrogen-bond acceptors (Lipinski definition) is 2. The summed E-state index contributed by atoms with van der Waals surface area (Å²) in [6.45, 7) is 2.74. The summed E-state index contributed by atoms with van der Waals surface area (Å²) in [5, 5.41) is 0.556. The molecule has 2 rings (SSSR count). The maximum absolute atomic E-state index is 12.6. The Morgan fingerprint density at radius 3 is 2.89 bits per heavy atom. The molecule has 3 nitrogen and oxygen atoms in total. The Labute approximate surface area is 127 Å². The molecule has 1 aromatic rings. The highest BCUT2D eigenvalue weighted by Gasteiger charge is 2.29. The number of piperidine rings is 1. The lowest BCUT2D eigenvalue weighted by atomic mass is 9.96. The van der Waals surface area contributed by atoms with E-state index in [2.05, 4.69) is 15.9 Å². The van der Waals surface area contributed by atoms with Gasteiger partial charge in [-0.05, 0) is 60.3 Å². The summed E-state index contributed by atoms with van der Waals surface area (Å²) in [7, 11) is 0. The molecule has 2 atom stereocenters. The molecule has 0 aliphatic carbocycles. The Bertz CT molecular complexity index is 479. The summed E-state index contributed by atoms with van der Waals surface area (Å²) in [5.74, 6) is 0.0244. The lowest BCUT2D eigenvalue weighted by Gasteiger charge is -2.38. The molecule has 1 amide bonds. The molecule has 19 heavy (non-hydrogen) atoms. The number of likely N-dealkylation sites (tertiary alicyclic amines) is 1. The van der Waals surface area contributed by atoms with Gasteiger partial charge in [0.05, 0.1) is 5.02 Å². The molecule has 1 heterocycles. The largest absolute Gasteiger partial charge is 0.334 e. The van der Waals surface area contributed by atoms with E-state index < -0.39 is 0 Å². The van der Waals surface area contributed by atoms with E-state index >= 15 is 0 Å². The summed E-state index contributed by atoms with van der Waals surface area (Å²) >= 11 is 9.39. The van der Waals surface area contributed by atoms with Crippen molar-refractivity contribution in [1.82, 2.24) is 4.90 Å². The monoisotopic (exact) mass is 344 g/mol. The van der Waals surface area contributed by atoms with Crippen LogP contribution in [0, 0.1) is 0 Å². The van der Waals surface area contributed by atoms with Crippen molar-refractivity contribution >= 4 is 33.4 Å². The summed E-state index contributed by atoms with van der Waals surface area (Å²) in [4.78, 5) is 14.5. The van der Waals surface area contributed by atoms with Crippen LogP contribution in [0.2, 0.25) is 5.02 Å². The molecule has 0 radical (unpaired) electrons. The van der Waals surface area contributed by atoms with Gasteiger partial charge in [0.25, 0.3) is 5.91 Å². The van der Waals surface area contributed by atoms with Gasteiger partial charge in [0.1, 0.15) is 0 Å². The third kappa shape index (κ3) is 3.30. The maximum Gasteiger partial charge on any atom is 0.254 e. The van der Waals surface area contributed by atoms with Gasteiger partial charge in [-0.25, -0.2) is 0 Å². The molecule has 2 unspecified atom stereocenters. The number of nitrogens with two attached hydrogens (primary N) is 1. The van der Waals surface area contributed by atoms with Gasteiger partial charge >= 0.3 is 0 Å². The average molecular weight is 346 g/mol. The van der Waals surface area contributed by atoms with Gasteiger partial charge in [-0.3, -0.25) is 4.79 Å². The Morgan fingerprint density at radius 1 is 1.53 bits per heavy atom. The van der Waals surface area contributed by atoms with Crippen molar-refractivity contribution in [3.05, 3.63) is 33.3 Å². The van der Waals surface area contributed by atoms with Crippen LogP contribution < -0.4 is 5.73 Å². The van der Waals surface area contributed by atoms with Crippen molar-refractivity contribution in [2.45, 2.75) is 38.3 Å². The van der Waals surface area contributed by atoms with Crippen LogP contribution in [0.3, 0.4) is 0 Å². The summed E-state index contributed by atoms with van der Waals surface area (Å²) in [6.07, 6.45) is 3.16. The minimum absolute atomic E-state index is 0.00447. The first-order valence-corrected chi connectivity index (χ1v) is 7.69. The van der Waals surface area contributed by atoms with Crippen LogP contribution in [0.15, 0.2) is 22.7 Å². The van der Waals surface area contributed by atoms with Gasteiger partial charge in [-0.15, -0.1) is 0 Å². The second-order valence-electron chi connectivity index (χ2n) is 5.05. The highest BCUT2D eigenvalue weighted by molar-refractivity contribution is 9.10. The predicted octanol–water partition coefficient (Wildman–Crippen LogP) is 3.44. The van der Waals surface area contributed by atoms with Crippen LogP contribution >= 0.6 is 27.5 Å². The number of halogens is 2. The number of carbonyl (C=O) groups excluding carboxylic acids is 1. The molecule has 5 heteroatoms. The summed E-state index contributed by atoms with van der Waals surface area (Å²) < 4.78 is 0.799. The van der Waals surface area contributed by atoms with Crippen LogP contribution in [0.1, 0.15) is 36.5 Å². The molecule has 1 aromatic carbocycles. The third-order valence-corrected chi connectivity index (χ3v) is 4.82. The highest BCUT2D eigenvalue weighted by Crippen LogP contribution is 2.26. The topological polar surface area (TPSA) is 46.3 Å². The van der Waals surface area contributed by atoms with Gasteiger partial charge < -0.3 is 10.6 Å². The maximum atomic E-state index is 12.6. The standard InChI is InChI=1S/C14H18BrClN2O/c1-9(17)13-4-2-3-7-18(13)14(19)10-5-6-11(15)12(16)8-10/h5-6,8-9,13H,2-4,7,17H2,1H3. The van der Waals surface area contributed by atoms with E-state index in [1.165, 1.54) is 0 Å². The number of benzene rings is 1. The quantitative estimate of drug-likeness (QED) is 0.892. The van der Waals surface area contributed by atoms with Crippen LogP contribution in [-0.4, -0.2) is 29.4 Å². The first-order chi connectivity index (χ1) is 9.00. The van der Waals surface area contributed by atoms with Gasteiger partial charge in [-0.2, -0.15) is 0 Å². The van der Waals surface area contributed by atoms with Gasteiger partial charge in [0.2, 0.25) is 0 Å². The zero-order valence-corrected chi connectivity index (χ0v) is 13.2. The first-order valence-electron chi connectivity index (χ1n) is 6.52. The van der Waals surface area contributed by atoms with Crippen molar-refractivity contribution in [2.75, 3.05) is 6.54 Å². The van der Waals surface area contributed by atoms with Crippen molar-refractivity contribution in [1.29, 1.82) is 0 Å². The fraction of sp³-hybridized carbons (Fsp3) is 0.500. The number of carbonyl (C=O) groups is 1. The number of hydrogen-bond donors (Lipinski definition) is 1. The molecular formula is C14H18BrClN2O. The summed E-state index contributed by atoms with van der Waals surface area (Å²) in [5.41, 5.74) is 6.63. The molecule has 1 aliphatic rings. The van der Waals surface area contributed by atoms with E-state index in [-0.39, 0.29) is 18.0 Å². The average Bonchev–Trinajstić information content (AvgIpc) is 2.41. The van der Waals surface area contributed by atoms with Crippen molar-refractivity contribution in [3.63, 3.8) is 0 Å². The molecule has 2 N–H and O–H groups in total. The van der Waals surface area contributed by atoms with E-state index in [0.717, 1.165) is 30.3 Å². The molecule has 0 saturated carbocycles. The first kappa shape index (κ1) is 14.8. The zero-order chi connectivity index (χ0) is 14.0. The van der Waals surface area contributed by atoms with Crippen LogP contribution in [0.25, 0.3) is 0 Å².